The molecule has 0 spiro atoms. The van der Waals surface area contributed by atoms with Crippen molar-refractivity contribution >= 4 is 0 Å². The van der Waals surface area contributed by atoms with E-state index in [2.05, 4.69) is 32.9 Å². The highest BCUT2D eigenvalue weighted by Gasteiger charge is 2.46. The number of aliphatic hydroxyl groups excluding tert-OH is 1. The van der Waals surface area contributed by atoms with E-state index in [4.69, 9.17) is 0 Å². The molecule has 1 nitrogen and oxygen atoms in total. The van der Waals surface area contributed by atoms with Gasteiger partial charge in [0.1, 0.15) is 0 Å². The Morgan fingerprint density at radius 1 is 1.27 bits per heavy atom. The van der Waals surface area contributed by atoms with Crippen molar-refractivity contribution in [1.29, 1.82) is 0 Å². The van der Waals surface area contributed by atoms with Gasteiger partial charge in [0.05, 0.1) is 6.10 Å². The third-order valence-electron chi connectivity index (χ3n) is 4.72. The van der Waals surface area contributed by atoms with Gasteiger partial charge in [-0.05, 0) is 42.4 Å². The zero-order valence-corrected chi connectivity index (χ0v) is 10.2. The topological polar surface area (TPSA) is 20.2 Å². The molecule has 2 rings (SSSR count). The first kappa shape index (κ1) is 11.2. The third-order valence-corrected chi connectivity index (χ3v) is 4.72. The van der Waals surface area contributed by atoms with Crippen LogP contribution in [0, 0.1) is 23.2 Å². The molecule has 0 aliphatic heterocycles. The van der Waals surface area contributed by atoms with Crippen molar-refractivity contribution in [2.45, 2.75) is 52.6 Å². The van der Waals surface area contributed by atoms with Crippen molar-refractivity contribution in [3.05, 3.63) is 12.2 Å². The minimum atomic E-state index is -0.0574. The third kappa shape index (κ3) is 1.87. The summed E-state index contributed by atoms with van der Waals surface area (Å²) in [4.78, 5) is 0. The molecular formula is C14H24O. The van der Waals surface area contributed by atoms with E-state index in [0.29, 0.717) is 23.2 Å². The summed E-state index contributed by atoms with van der Waals surface area (Å²) >= 11 is 0. The van der Waals surface area contributed by atoms with Crippen LogP contribution in [0.5, 0.6) is 0 Å². The number of fused-ring (bicyclic) bond motifs is 1. The molecule has 0 bridgehead atoms. The molecule has 1 N–H and O–H groups in total. The highest BCUT2D eigenvalue weighted by atomic mass is 16.3. The average Bonchev–Trinajstić information content (AvgIpc) is 2.24. The van der Waals surface area contributed by atoms with Crippen LogP contribution in [0.25, 0.3) is 0 Å². The largest absolute Gasteiger partial charge is 0.393 e. The number of hydrogen-bond donors (Lipinski definition) is 1. The van der Waals surface area contributed by atoms with Gasteiger partial charge in [-0.1, -0.05) is 39.3 Å². The van der Waals surface area contributed by atoms with Crippen molar-refractivity contribution in [2.75, 3.05) is 0 Å². The molecule has 4 unspecified atom stereocenters. The smallest absolute Gasteiger partial charge is 0.0602 e. The van der Waals surface area contributed by atoms with Crippen molar-refractivity contribution < 1.29 is 5.11 Å². The molecule has 0 amide bonds. The van der Waals surface area contributed by atoms with E-state index in [1.165, 1.54) is 12.8 Å². The van der Waals surface area contributed by atoms with Crippen LogP contribution in [0.3, 0.4) is 0 Å². The number of aliphatic hydroxyl groups is 1. The Bertz CT molecular complexity index is 254. The summed E-state index contributed by atoms with van der Waals surface area (Å²) < 4.78 is 0. The molecular weight excluding hydrogens is 184 g/mol. The Kier molecular flexibility index (Phi) is 2.94. The van der Waals surface area contributed by atoms with Gasteiger partial charge in [0.15, 0.2) is 0 Å². The molecule has 2 aliphatic rings. The van der Waals surface area contributed by atoms with Crippen molar-refractivity contribution in [3.8, 4) is 0 Å². The molecule has 2 aliphatic carbocycles. The highest BCUT2D eigenvalue weighted by Crippen LogP contribution is 2.51. The first-order valence-corrected chi connectivity index (χ1v) is 6.39. The van der Waals surface area contributed by atoms with Gasteiger partial charge < -0.3 is 5.11 Å². The lowest BCUT2D eigenvalue weighted by Gasteiger charge is -2.51. The van der Waals surface area contributed by atoms with Crippen LogP contribution in [-0.4, -0.2) is 11.2 Å². The first-order chi connectivity index (χ1) is 7.06. The Morgan fingerprint density at radius 3 is 2.60 bits per heavy atom. The second-order valence-electron chi connectivity index (χ2n) is 6.06. The summed E-state index contributed by atoms with van der Waals surface area (Å²) in [6.07, 6.45) is 9.09. The van der Waals surface area contributed by atoms with Crippen LogP contribution in [0.2, 0.25) is 0 Å². The molecule has 15 heavy (non-hydrogen) atoms. The van der Waals surface area contributed by atoms with Crippen LogP contribution < -0.4 is 0 Å². The minimum absolute atomic E-state index is 0.0574. The lowest BCUT2D eigenvalue weighted by atomic mass is 9.56. The Morgan fingerprint density at radius 2 is 1.93 bits per heavy atom. The van der Waals surface area contributed by atoms with Gasteiger partial charge in [-0.3, -0.25) is 0 Å². The van der Waals surface area contributed by atoms with Gasteiger partial charge in [0.2, 0.25) is 0 Å². The summed E-state index contributed by atoms with van der Waals surface area (Å²) in [5.41, 5.74) is 0.412. The summed E-state index contributed by atoms with van der Waals surface area (Å²) in [5.74, 6) is 1.73. The van der Waals surface area contributed by atoms with Crippen LogP contribution in [0.1, 0.15) is 46.5 Å². The summed E-state index contributed by atoms with van der Waals surface area (Å²) in [6.45, 7) is 6.99. The lowest BCUT2D eigenvalue weighted by Crippen LogP contribution is -2.48. The predicted octanol–water partition coefficient (Wildman–Crippen LogP) is 3.39. The number of rotatable bonds is 1. The van der Waals surface area contributed by atoms with E-state index in [9.17, 15) is 5.11 Å². The molecule has 0 aromatic carbocycles. The normalized spacial score (nSPS) is 43.7. The average molecular weight is 208 g/mol. The standard InChI is InChI=1S/C14H24O/c1-4-10-9-14(2,3)12-8-6-5-7-11(12)13(10)15/h5-6,10-13,15H,4,7-9H2,1-3H3. The fraction of sp³-hybridized carbons (Fsp3) is 0.857. The minimum Gasteiger partial charge on any atom is -0.393 e. The second kappa shape index (κ2) is 3.93. The van der Waals surface area contributed by atoms with E-state index in [1.54, 1.807) is 0 Å². The van der Waals surface area contributed by atoms with E-state index in [1.807, 2.05) is 0 Å². The monoisotopic (exact) mass is 208 g/mol. The van der Waals surface area contributed by atoms with Crippen LogP contribution >= 0.6 is 0 Å². The van der Waals surface area contributed by atoms with E-state index >= 15 is 0 Å². The van der Waals surface area contributed by atoms with Gasteiger partial charge in [-0.15, -0.1) is 0 Å². The molecule has 1 heteroatoms. The second-order valence-corrected chi connectivity index (χ2v) is 6.06. The van der Waals surface area contributed by atoms with Gasteiger partial charge in [0.25, 0.3) is 0 Å². The number of hydrogen-bond acceptors (Lipinski definition) is 1. The Hall–Kier alpha value is -0.300. The molecule has 1 fully saturated rings. The molecule has 86 valence electrons. The van der Waals surface area contributed by atoms with Crippen molar-refractivity contribution in [3.63, 3.8) is 0 Å². The van der Waals surface area contributed by atoms with Gasteiger partial charge in [-0.25, -0.2) is 0 Å². The summed E-state index contributed by atoms with van der Waals surface area (Å²) in [7, 11) is 0. The summed E-state index contributed by atoms with van der Waals surface area (Å²) in [6, 6.07) is 0. The molecule has 1 saturated carbocycles. The van der Waals surface area contributed by atoms with E-state index in [0.717, 1.165) is 12.8 Å². The quantitative estimate of drug-likeness (QED) is 0.655. The predicted molar refractivity (Wildman–Crippen MR) is 63.5 cm³/mol. The highest BCUT2D eigenvalue weighted by molar-refractivity contribution is 5.05. The van der Waals surface area contributed by atoms with E-state index in [-0.39, 0.29) is 6.10 Å². The van der Waals surface area contributed by atoms with Crippen molar-refractivity contribution in [1.82, 2.24) is 0 Å². The molecule has 0 aromatic rings. The molecule has 0 radical (unpaired) electrons. The fourth-order valence-corrected chi connectivity index (χ4v) is 3.79. The maximum atomic E-state index is 10.4. The van der Waals surface area contributed by atoms with E-state index < -0.39 is 0 Å². The summed E-state index contributed by atoms with van der Waals surface area (Å²) in [5, 5.41) is 10.4. The molecule has 4 atom stereocenters. The zero-order chi connectivity index (χ0) is 11.1. The van der Waals surface area contributed by atoms with Crippen LogP contribution in [0.4, 0.5) is 0 Å². The number of allylic oxidation sites excluding steroid dienone is 2. The van der Waals surface area contributed by atoms with Gasteiger partial charge in [-0.2, -0.15) is 0 Å². The molecule has 0 heterocycles. The Labute approximate surface area is 93.6 Å². The molecule has 0 aromatic heterocycles. The van der Waals surface area contributed by atoms with Crippen LogP contribution in [0.15, 0.2) is 12.2 Å². The van der Waals surface area contributed by atoms with Crippen molar-refractivity contribution in [2.24, 2.45) is 23.2 Å². The van der Waals surface area contributed by atoms with Gasteiger partial charge >= 0.3 is 0 Å². The Balaban J connectivity index is 2.23. The lowest BCUT2D eigenvalue weighted by molar-refractivity contribution is -0.0764. The maximum absolute atomic E-state index is 10.4. The van der Waals surface area contributed by atoms with Crippen LogP contribution in [-0.2, 0) is 0 Å². The maximum Gasteiger partial charge on any atom is 0.0602 e. The van der Waals surface area contributed by atoms with Gasteiger partial charge in [0, 0.05) is 0 Å². The SMILES string of the molecule is CCC1CC(C)(C)C2CC=CCC2C1O. The molecule has 0 saturated heterocycles. The fourth-order valence-electron chi connectivity index (χ4n) is 3.79. The first-order valence-electron chi connectivity index (χ1n) is 6.39. The zero-order valence-electron chi connectivity index (χ0n) is 10.2.